The monoisotopic (exact) mass is 273 g/mol. The Morgan fingerprint density at radius 3 is 2.95 bits per heavy atom. The van der Waals surface area contributed by atoms with Crippen LogP contribution in [-0.2, 0) is 4.79 Å². The summed E-state index contributed by atoms with van der Waals surface area (Å²) in [4.78, 5) is 16.1. The highest BCUT2D eigenvalue weighted by Crippen LogP contribution is 2.29. The van der Waals surface area contributed by atoms with Gasteiger partial charge in [0.25, 0.3) is 5.91 Å². The number of carbonyl (C=O) groups excluding carboxylic acids is 1. The molecule has 1 saturated carbocycles. The van der Waals surface area contributed by atoms with E-state index in [4.69, 9.17) is 0 Å². The summed E-state index contributed by atoms with van der Waals surface area (Å²) in [7, 11) is 0. The molecule has 1 aromatic heterocycles. The number of hydrogen-bond donors (Lipinski definition) is 3. The maximum absolute atomic E-state index is 12.2. The molecule has 2 heterocycles. The number of nitrogens with one attached hydrogen (secondary N) is 3. The lowest BCUT2D eigenvalue weighted by molar-refractivity contribution is -0.123. The lowest BCUT2D eigenvalue weighted by atomic mass is 9.81. The molecule has 0 aromatic carbocycles. The van der Waals surface area contributed by atoms with E-state index >= 15 is 0 Å². The van der Waals surface area contributed by atoms with Crippen LogP contribution in [0.2, 0.25) is 0 Å². The van der Waals surface area contributed by atoms with E-state index in [2.05, 4.69) is 26.4 Å². The standard InChI is InChI=1S/C14H19N5O/c20-14(19-16-9-10-5-7-15-8-6-10)13-11-3-1-2-4-12(11)17-18-13/h5-9,11-13,17-18H,1-4H2,(H,19,20)/b16-9+. The van der Waals surface area contributed by atoms with E-state index < -0.39 is 0 Å². The van der Waals surface area contributed by atoms with Crippen molar-refractivity contribution in [2.45, 2.75) is 37.8 Å². The first-order chi connectivity index (χ1) is 9.84. The van der Waals surface area contributed by atoms with Crippen LogP contribution in [0.3, 0.4) is 0 Å². The molecule has 0 bridgehead atoms. The van der Waals surface area contributed by atoms with Gasteiger partial charge in [0.15, 0.2) is 0 Å². The average Bonchev–Trinajstić information content (AvgIpc) is 2.92. The van der Waals surface area contributed by atoms with Crippen molar-refractivity contribution in [3.63, 3.8) is 0 Å². The molecule has 1 aliphatic heterocycles. The second-order valence-corrected chi connectivity index (χ2v) is 5.34. The lowest BCUT2D eigenvalue weighted by Gasteiger charge is -2.26. The lowest BCUT2D eigenvalue weighted by Crippen LogP contribution is -2.44. The summed E-state index contributed by atoms with van der Waals surface area (Å²) < 4.78 is 0. The Bertz CT molecular complexity index is 490. The van der Waals surface area contributed by atoms with E-state index in [9.17, 15) is 4.79 Å². The Kier molecular flexibility index (Phi) is 4.03. The highest BCUT2D eigenvalue weighted by molar-refractivity contribution is 5.85. The third kappa shape index (κ3) is 2.86. The summed E-state index contributed by atoms with van der Waals surface area (Å²) in [5, 5.41) is 4.00. The topological polar surface area (TPSA) is 78.4 Å². The van der Waals surface area contributed by atoms with Gasteiger partial charge in [0.05, 0.1) is 6.21 Å². The number of rotatable bonds is 3. The van der Waals surface area contributed by atoms with Gasteiger partial charge in [-0.15, -0.1) is 0 Å². The number of carbonyl (C=O) groups is 1. The normalized spacial score (nSPS) is 29.3. The van der Waals surface area contributed by atoms with Crippen molar-refractivity contribution in [2.24, 2.45) is 11.0 Å². The fourth-order valence-corrected chi connectivity index (χ4v) is 2.99. The van der Waals surface area contributed by atoms with Crippen molar-refractivity contribution in [3.05, 3.63) is 30.1 Å². The Labute approximate surface area is 118 Å². The predicted octanol–water partition coefficient (Wildman–Crippen LogP) is 0.567. The average molecular weight is 273 g/mol. The summed E-state index contributed by atoms with van der Waals surface area (Å²) in [6.45, 7) is 0. The Morgan fingerprint density at radius 2 is 2.10 bits per heavy atom. The molecule has 0 spiro atoms. The molecule has 6 nitrogen and oxygen atoms in total. The molecule has 20 heavy (non-hydrogen) atoms. The zero-order chi connectivity index (χ0) is 13.8. The second-order valence-electron chi connectivity index (χ2n) is 5.34. The molecule has 2 fully saturated rings. The van der Waals surface area contributed by atoms with Gasteiger partial charge in [0, 0.05) is 24.4 Å². The Hall–Kier alpha value is -1.79. The maximum Gasteiger partial charge on any atom is 0.258 e. The first-order valence-electron chi connectivity index (χ1n) is 7.08. The number of hydrogen-bond acceptors (Lipinski definition) is 5. The van der Waals surface area contributed by atoms with Crippen molar-refractivity contribution in [1.82, 2.24) is 21.3 Å². The number of hydrazine groups is 1. The van der Waals surface area contributed by atoms with Gasteiger partial charge in [0.1, 0.15) is 6.04 Å². The second kappa shape index (κ2) is 6.11. The van der Waals surface area contributed by atoms with Gasteiger partial charge >= 0.3 is 0 Å². The molecule has 106 valence electrons. The van der Waals surface area contributed by atoms with Gasteiger partial charge in [-0.05, 0) is 30.5 Å². The predicted molar refractivity (Wildman–Crippen MR) is 75.8 cm³/mol. The van der Waals surface area contributed by atoms with Crippen LogP contribution in [0.4, 0.5) is 0 Å². The molecular weight excluding hydrogens is 254 g/mol. The molecule has 1 aliphatic carbocycles. The SMILES string of the molecule is O=C(N/N=C/c1ccncc1)C1NNC2CCCCC21. The fraction of sp³-hybridized carbons (Fsp3) is 0.500. The molecule has 3 rings (SSSR count). The minimum Gasteiger partial charge on any atom is -0.271 e. The largest absolute Gasteiger partial charge is 0.271 e. The number of nitrogens with zero attached hydrogens (tertiary/aromatic N) is 2. The third-order valence-corrected chi connectivity index (χ3v) is 4.05. The third-order valence-electron chi connectivity index (χ3n) is 4.05. The van der Waals surface area contributed by atoms with Gasteiger partial charge in [-0.3, -0.25) is 15.2 Å². The Balaban J connectivity index is 1.56. The molecule has 3 unspecified atom stereocenters. The number of hydrazone groups is 1. The number of fused-ring (bicyclic) bond motifs is 1. The summed E-state index contributed by atoms with van der Waals surface area (Å²) in [5.41, 5.74) is 9.85. The van der Waals surface area contributed by atoms with Crippen LogP contribution < -0.4 is 16.3 Å². The summed E-state index contributed by atoms with van der Waals surface area (Å²) in [6, 6.07) is 3.91. The molecule has 3 atom stereocenters. The number of aromatic nitrogens is 1. The number of pyridine rings is 1. The van der Waals surface area contributed by atoms with Crippen LogP contribution in [0.25, 0.3) is 0 Å². The first kappa shape index (κ1) is 13.2. The van der Waals surface area contributed by atoms with Crippen molar-refractivity contribution < 1.29 is 4.79 Å². The Morgan fingerprint density at radius 1 is 1.30 bits per heavy atom. The van der Waals surface area contributed by atoms with Gasteiger partial charge in [-0.25, -0.2) is 10.9 Å². The van der Waals surface area contributed by atoms with Gasteiger partial charge in [-0.2, -0.15) is 5.10 Å². The van der Waals surface area contributed by atoms with E-state index in [0.29, 0.717) is 12.0 Å². The molecule has 1 aromatic rings. The minimum atomic E-state index is -0.185. The van der Waals surface area contributed by atoms with Crippen LogP contribution in [0.15, 0.2) is 29.6 Å². The van der Waals surface area contributed by atoms with Crippen LogP contribution in [-0.4, -0.2) is 29.2 Å². The molecule has 6 heteroatoms. The van der Waals surface area contributed by atoms with Crippen molar-refractivity contribution >= 4 is 12.1 Å². The molecule has 2 aliphatic rings. The van der Waals surface area contributed by atoms with Gasteiger partial charge in [-0.1, -0.05) is 12.8 Å². The molecule has 1 saturated heterocycles. The number of amides is 1. The molecular formula is C14H19N5O. The zero-order valence-electron chi connectivity index (χ0n) is 11.2. The minimum absolute atomic E-state index is 0.0720. The van der Waals surface area contributed by atoms with Crippen molar-refractivity contribution in [1.29, 1.82) is 0 Å². The van der Waals surface area contributed by atoms with Crippen molar-refractivity contribution in [3.8, 4) is 0 Å². The molecule has 1 amide bonds. The van der Waals surface area contributed by atoms with Crippen LogP contribution in [0.5, 0.6) is 0 Å². The quantitative estimate of drug-likeness (QED) is 0.555. The van der Waals surface area contributed by atoms with E-state index in [-0.39, 0.29) is 11.9 Å². The maximum atomic E-state index is 12.2. The van der Waals surface area contributed by atoms with E-state index in [0.717, 1.165) is 18.4 Å². The highest BCUT2D eigenvalue weighted by Gasteiger charge is 2.40. The first-order valence-corrected chi connectivity index (χ1v) is 7.08. The van der Waals surface area contributed by atoms with Crippen LogP contribution in [0.1, 0.15) is 31.2 Å². The smallest absolute Gasteiger partial charge is 0.258 e. The summed E-state index contributed by atoms with van der Waals surface area (Å²) >= 11 is 0. The van der Waals surface area contributed by atoms with E-state index in [1.54, 1.807) is 18.6 Å². The van der Waals surface area contributed by atoms with Gasteiger partial charge < -0.3 is 0 Å². The van der Waals surface area contributed by atoms with Crippen molar-refractivity contribution in [2.75, 3.05) is 0 Å². The summed E-state index contributed by atoms with van der Waals surface area (Å²) in [5.74, 6) is 0.303. The molecule has 0 radical (unpaired) electrons. The van der Waals surface area contributed by atoms with Crippen LogP contribution in [0, 0.1) is 5.92 Å². The molecule has 3 N–H and O–H groups in total. The van der Waals surface area contributed by atoms with Crippen LogP contribution >= 0.6 is 0 Å². The highest BCUT2D eigenvalue weighted by atomic mass is 16.2. The van der Waals surface area contributed by atoms with E-state index in [1.165, 1.54) is 12.8 Å². The summed E-state index contributed by atoms with van der Waals surface area (Å²) in [6.07, 6.45) is 9.69. The van der Waals surface area contributed by atoms with E-state index in [1.807, 2.05) is 12.1 Å². The van der Waals surface area contributed by atoms with Gasteiger partial charge in [0.2, 0.25) is 0 Å². The zero-order valence-corrected chi connectivity index (χ0v) is 11.2. The fourth-order valence-electron chi connectivity index (χ4n) is 2.99.